The van der Waals surface area contributed by atoms with Crippen molar-refractivity contribution in [1.82, 2.24) is 0 Å². The van der Waals surface area contributed by atoms with Gasteiger partial charge in [0, 0.05) is 12.8 Å². The molecule has 4 heteroatoms. The van der Waals surface area contributed by atoms with E-state index in [1.165, 1.54) is 51.4 Å². The lowest BCUT2D eigenvalue weighted by atomic mass is 10.0. The summed E-state index contributed by atoms with van der Waals surface area (Å²) in [4.78, 5) is 23.4. The summed E-state index contributed by atoms with van der Waals surface area (Å²) in [5.41, 5.74) is 0. The van der Waals surface area contributed by atoms with Gasteiger partial charge in [0.25, 0.3) is 0 Å². The van der Waals surface area contributed by atoms with Gasteiger partial charge >= 0.3 is 11.9 Å². The molecule has 0 fully saturated rings. The molecule has 0 aromatic rings. The molecule has 0 rings (SSSR count). The highest BCUT2D eigenvalue weighted by Gasteiger charge is 2.09. The van der Waals surface area contributed by atoms with Crippen LogP contribution in [0.15, 0.2) is 0 Å². The highest BCUT2D eigenvalue weighted by atomic mass is 16.5. The van der Waals surface area contributed by atoms with E-state index >= 15 is 0 Å². The zero-order valence-corrected chi connectivity index (χ0v) is 20.5. The summed E-state index contributed by atoms with van der Waals surface area (Å²) in [7, 11) is 0. The second-order valence-corrected chi connectivity index (χ2v) is 8.92. The van der Waals surface area contributed by atoms with Crippen molar-refractivity contribution in [2.75, 3.05) is 0 Å². The molecule has 0 aromatic carbocycles. The first-order chi connectivity index (χ1) is 14.5. The first kappa shape index (κ1) is 28.9. The third-order valence-corrected chi connectivity index (χ3v) is 5.57. The van der Waals surface area contributed by atoms with E-state index in [-0.39, 0.29) is 24.1 Å². The minimum atomic E-state index is -0.0288. The first-order valence-corrected chi connectivity index (χ1v) is 12.9. The maximum atomic E-state index is 11.7. The maximum absolute atomic E-state index is 11.7. The van der Waals surface area contributed by atoms with E-state index in [1.807, 2.05) is 13.8 Å². The Labute approximate surface area is 186 Å². The fourth-order valence-electron chi connectivity index (χ4n) is 3.80. The van der Waals surface area contributed by atoms with Crippen LogP contribution in [0.3, 0.4) is 0 Å². The topological polar surface area (TPSA) is 52.6 Å². The quantitative estimate of drug-likeness (QED) is 0.138. The Bertz CT molecular complexity index is 370. The average Bonchev–Trinajstić information content (AvgIpc) is 2.68. The van der Waals surface area contributed by atoms with Gasteiger partial charge in [-0.15, -0.1) is 0 Å². The maximum Gasteiger partial charge on any atom is 0.306 e. The third kappa shape index (κ3) is 20.2. The molecule has 178 valence electrons. The summed E-state index contributed by atoms with van der Waals surface area (Å²) in [6.45, 7) is 8.18. The van der Waals surface area contributed by atoms with Crippen LogP contribution in [0, 0.1) is 0 Å². The van der Waals surface area contributed by atoms with E-state index in [4.69, 9.17) is 9.47 Å². The van der Waals surface area contributed by atoms with Crippen LogP contribution in [0.2, 0.25) is 0 Å². The van der Waals surface area contributed by atoms with Crippen molar-refractivity contribution in [1.29, 1.82) is 0 Å². The van der Waals surface area contributed by atoms with Crippen molar-refractivity contribution in [2.45, 2.75) is 155 Å². The molecular formula is C26H50O4. The van der Waals surface area contributed by atoms with Gasteiger partial charge < -0.3 is 9.47 Å². The molecule has 2 atom stereocenters. The van der Waals surface area contributed by atoms with E-state index in [0.717, 1.165) is 51.4 Å². The Morgan fingerprint density at radius 3 is 1.07 bits per heavy atom. The van der Waals surface area contributed by atoms with Gasteiger partial charge in [-0.2, -0.15) is 0 Å². The lowest BCUT2D eigenvalue weighted by molar-refractivity contribution is -0.149. The van der Waals surface area contributed by atoms with E-state index in [1.54, 1.807) is 0 Å². The number of ether oxygens (including phenoxy) is 2. The van der Waals surface area contributed by atoms with E-state index in [2.05, 4.69) is 13.8 Å². The monoisotopic (exact) mass is 426 g/mol. The van der Waals surface area contributed by atoms with Crippen molar-refractivity contribution >= 4 is 11.9 Å². The summed E-state index contributed by atoms with van der Waals surface area (Å²) in [5, 5.41) is 0. The van der Waals surface area contributed by atoms with Gasteiger partial charge in [0.15, 0.2) is 0 Å². The number of esters is 2. The third-order valence-electron chi connectivity index (χ3n) is 5.57. The molecule has 0 saturated heterocycles. The standard InChI is InChI=1S/C26H50O4/c1-5-19-23(3)29-25(27)21-17-15-13-11-9-7-8-10-12-14-16-18-22-26(28)30-24(4)20-6-2/h23-24H,5-22H2,1-4H3. The minimum absolute atomic E-state index is 0.0288. The summed E-state index contributed by atoms with van der Waals surface area (Å²) in [6, 6.07) is 0. The fourth-order valence-corrected chi connectivity index (χ4v) is 3.80. The zero-order valence-electron chi connectivity index (χ0n) is 20.5. The van der Waals surface area contributed by atoms with Gasteiger partial charge in [-0.25, -0.2) is 0 Å². The molecule has 4 nitrogen and oxygen atoms in total. The number of unbranched alkanes of at least 4 members (excludes halogenated alkanes) is 11. The summed E-state index contributed by atoms with van der Waals surface area (Å²) >= 11 is 0. The molecule has 0 saturated carbocycles. The van der Waals surface area contributed by atoms with Gasteiger partial charge in [0.1, 0.15) is 0 Å². The van der Waals surface area contributed by atoms with Crippen molar-refractivity contribution in [3.63, 3.8) is 0 Å². The summed E-state index contributed by atoms with van der Waals surface area (Å²) < 4.78 is 10.7. The van der Waals surface area contributed by atoms with Gasteiger partial charge in [-0.05, 0) is 39.5 Å². The minimum Gasteiger partial charge on any atom is -0.463 e. The van der Waals surface area contributed by atoms with Gasteiger partial charge in [-0.1, -0.05) is 90.9 Å². The van der Waals surface area contributed by atoms with Crippen LogP contribution in [0.5, 0.6) is 0 Å². The Hall–Kier alpha value is -1.06. The van der Waals surface area contributed by atoms with Crippen molar-refractivity contribution < 1.29 is 19.1 Å². The molecule has 0 aliphatic rings. The van der Waals surface area contributed by atoms with Crippen molar-refractivity contribution in [3.05, 3.63) is 0 Å². The normalized spacial score (nSPS) is 13.1. The number of carbonyl (C=O) groups is 2. The van der Waals surface area contributed by atoms with Crippen LogP contribution in [-0.4, -0.2) is 24.1 Å². The highest BCUT2D eigenvalue weighted by molar-refractivity contribution is 5.69. The van der Waals surface area contributed by atoms with Crippen LogP contribution < -0.4 is 0 Å². The van der Waals surface area contributed by atoms with Crippen LogP contribution in [0.1, 0.15) is 143 Å². The Morgan fingerprint density at radius 1 is 0.533 bits per heavy atom. The molecule has 0 N–H and O–H groups in total. The first-order valence-electron chi connectivity index (χ1n) is 12.9. The largest absolute Gasteiger partial charge is 0.463 e. The van der Waals surface area contributed by atoms with Crippen LogP contribution in [-0.2, 0) is 19.1 Å². The zero-order chi connectivity index (χ0) is 22.5. The van der Waals surface area contributed by atoms with Crippen molar-refractivity contribution in [2.24, 2.45) is 0 Å². The number of hydrogen-bond acceptors (Lipinski definition) is 4. The highest BCUT2D eigenvalue weighted by Crippen LogP contribution is 2.14. The molecule has 0 radical (unpaired) electrons. The molecule has 0 spiro atoms. The lowest BCUT2D eigenvalue weighted by Crippen LogP contribution is -2.14. The second-order valence-electron chi connectivity index (χ2n) is 8.92. The molecule has 2 unspecified atom stereocenters. The average molecular weight is 427 g/mol. The molecule has 0 amide bonds. The Kier molecular flexibility index (Phi) is 20.4. The van der Waals surface area contributed by atoms with Crippen LogP contribution in [0.25, 0.3) is 0 Å². The Balaban J connectivity index is 3.28. The van der Waals surface area contributed by atoms with Gasteiger partial charge in [0.05, 0.1) is 12.2 Å². The van der Waals surface area contributed by atoms with E-state index in [0.29, 0.717) is 12.8 Å². The predicted octanol–water partition coefficient (Wildman–Crippen LogP) is 7.91. The smallest absolute Gasteiger partial charge is 0.306 e. The fraction of sp³-hybridized carbons (Fsp3) is 0.923. The molecule has 0 bridgehead atoms. The predicted molar refractivity (Wildman–Crippen MR) is 126 cm³/mol. The van der Waals surface area contributed by atoms with Gasteiger partial charge in [0.2, 0.25) is 0 Å². The number of rotatable bonds is 21. The Morgan fingerprint density at radius 2 is 0.800 bits per heavy atom. The molecule has 0 aliphatic heterocycles. The van der Waals surface area contributed by atoms with Crippen molar-refractivity contribution in [3.8, 4) is 0 Å². The number of hydrogen-bond donors (Lipinski definition) is 0. The van der Waals surface area contributed by atoms with Crippen LogP contribution >= 0.6 is 0 Å². The molecule has 0 aliphatic carbocycles. The SMILES string of the molecule is CCCC(C)OC(=O)CCCCCCCCCCCCCCC(=O)OC(C)CCC. The molecule has 0 heterocycles. The van der Waals surface area contributed by atoms with E-state index in [9.17, 15) is 9.59 Å². The molecule has 0 aromatic heterocycles. The second kappa shape index (κ2) is 21.2. The molecule has 30 heavy (non-hydrogen) atoms. The van der Waals surface area contributed by atoms with E-state index < -0.39 is 0 Å². The van der Waals surface area contributed by atoms with Gasteiger partial charge in [-0.3, -0.25) is 9.59 Å². The lowest BCUT2D eigenvalue weighted by Gasteiger charge is -2.11. The summed E-state index contributed by atoms with van der Waals surface area (Å²) in [5.74, 6) is -0.0576. The number of carbonyl (C=O) groups excluding carboxylic acids is 2. The van der Waals surface area contributed by atoms with Crippen LogP contribution in [0.4, 0.5) is 0 Å². The summed E-state index contributed by atoms with van der Waals surface area (Å²) in [6.07, 6.45) is 19.8. The molecular weight excluding hydrogens is 376 g/mol.